The van der Waals surface area contributed by atoms with Gasteiger partial charge in [0.1, 0.15) is 0 Å². The van der Waals surface area contributed by atoms with Gasteiger partial charge in [-0.2, -0.15) is 11.8 Å². The Labute approximate surface area is 104 Å². The van der Waals surface area contributed by atoms with E-state index in [2.05, 4.69) is 37.2 Å². The van der Waals surface area contributed by atoms with E-state index in [0.717, 1.165) is 39.3 Å². The Balaban J connectivity index is 2.17. The van der Waals surface area contributed by atoms with E-state index in [0.29, 0.717) is 10.9 Å². The maximum absolute atomic E-state index is 5.75. The minimum absolute atomic E-state index is 0.319. The lowest BCUT2D eigenvalue weighted by molar-refractivity contribution is -0.0252. The highest BCUT2D eigenvalue weighted by Crippen LogP contribution is 2.19. The van der Waals surface area contributed by atoms with Crippen LogP contribution in [0.2, 0.25) is 0 Å². The maximum atomic E-state index is 5.75. The number of hydrogen-bond donors (Lipinski definition) is 1. The lowest BCUT2D eigenvalue weighted by Crippen LogP contribution is -2.47. The second-order valence-corrected chi connectivity index (χ2v) is 6.49. The van der Waals surface area contributed by atoms with Crippen LogP contribution in [0.1, 0.15) is 20.8 Å². The topological polar surface area (TPSA) is 24.5 Å². The van der Waals surface area contributed by atoms with Crippen LogP contribution in [-0.2, 0) is 4.74 Å². The number of ether oxygens (including phenoxy) is 1. The predicted octanol–water partition coefficient (Wildman–Crippen LogP) is 1.44. The second-order valence-electron chi connectivity index (χ2n) is 4.98. The molecular weight excluding hydrogens is 220 g/mol. The lowest BCUT2D eigenvalue weighted by atomic mass is 10.2. The molecule has 0 aromatic heterocycles. The van der Waals surface area contributed by atoms with Gasteiger partial charge < -0.3 is 10.1 Å². The summed E-state index contributed by atoms with van der Waals surface area (Å²) in [6.45, 7) is 12.9. The van der Waals surface area contributed by atoms with Gasteiger partial charge >= 0.3 is 0 Å². The molecule has 1 N–H and O–H groups in total. The first-order valence-corrected chi connectivity index (χ1v) is 7.39. The van der Waals surface area contributed by atoms with Crippen LogP contribution in [0.5, 0.6) is 0 Å². The van der Waals surface area contributed by atoms with E-state index in [9.17, 15) is 0 Å². The van der Waals surface area contributed by atoms with E-state index in [-0.39, 0.29) is 0 Å². The molecule has 0 bridgehead atoms. The third-order valence-electron chi connectivity index (χ3n) is 3.15. The zero-order chi connectivity index (χ0) is 12.0. The molecule has 0 saturated carbocycles. The van der Waals surface area contributed by atoms with Crippen molar-refractivity contribution in [2.75, 3.05) is 45.6 Å². The van der Waals surface area contributed by atoms with Gasteiger partial charge in [0.2, 0.25) is 0 Å². The van der Waals surface area contributed by atoms with Crippen molar-refractivity contribution in [1.29, 1.82) is 0 Å². The zero-order valence-electron chi connectivity index (χ0n) is 11.1. The molecule has 0 radical (unpaired) electrons. The molecule has 4 heteroatoms. The monoisotopic (exact) mass is 246 g/mol. The summed E-state index contributed by atoms with van der Waals surface area (Å²) < 4.78 is 6.07. The number of nitrogens with zero attached hydrogens (tertiary/aromatic N) is 1. The van der Waals surface area contributed by atoms with Crippen molar-refractivity contribution in [3.63, 3.8) is 0 Å². The standard InChI is InChI=1S/C12H26N2OS/c1-5-14-6-7-15-11(9-14)8-13-10-12(2,3)16-4/h11,13H,5-10H2,1-4H3. The molecule has 3 nitrogen and oxygen atoms in total. The van der Waals surface area contributed by atoms with Crippen LogP contribution in [0.15, 0.2) is 0 Å². The van der Waals surface area contributed by atoms with Gasteiger partial charge in [-0.15, -0.1) is 0 Å². The molecule has 0 aromatic rings. The summed E-state index contributed by atoms with van der Waals surface area (Å²) >= 11 is 1.91. The molecule has 0 spiro atoms. The van der Waals surface area contributed by atoms with E-state index >= 15 is 0 Å². The first-order chi connectivity index (χ1) is 7.57. The quantitative estimate of drug-likeness (QED) is 0.766. The Morgan fingerprint density at radius 2 is 2.25 bits per heavy atom. The number of nitrogens with one attached hydrogen (secondary N) is 1. The van der Waals surface area contributed by atoms with Crippen LogP contribution in [0.25, 0.3) is 0 Å². The van der Waals surface area contributed by atoms with E-state index in [1.807, 2.05) is 11.8 Å². The zero-order valence-corrected chi connectivity index (χ0v) is 11.9. The van der Waals surface area contributed by atoms with Gasteiger partial charge in [0, 0.05) is 30.9 Å². The van der Waals surface area contributed by atoms with Gasteiger partial charge in [0.25, 0.3) is 0 Å². The minimum Gasteiger partial charge on any atom is -0.374 e. The van der Waals surface area contributed by atoms with Crippen molar-refractivity contribution in [2.45, 2.75) is 31.6 Å². The van der Waals surface area contributed by atoms with Gasteiger partial charge in [-0.3, -0.25) is 4.90 Å². The first kappa shape index (κ1) is 14.3. The molecular formula is C12H26N2OS. The average Bonchev–Trinajstić information content (AvgIpc) is 2.29. The summed E-state index contributed by atoms with van der Waals surface area (Å²) in [7, 11) is 0. The van der Waals surface area contributed by atoms with Crippen LogP contribution in [0.3, 0.4) is 0 Å². The number of morpholine rings is 1. The van der Waals surface area contributed by atoms with Crippen molar-refractivity contribution in [3.05, 3.63) is 0 Å². The van der Waals surface area contributed by atoms with Crippen molar-refractivity contribution in [1.82, 2.24) is 10.2 Å². The van der Waals surface area contributed by atoms with E-state index in [4.69, 9.17) is 4.74 Å². The molecule has 0 aromatic carbocycles. The highest BCUT2D eigenvalue weighted by Gasteiger charge is 2.20. The molecule has 1 atom stereocenters. The van der Waals surface area contributed by atoms with Gasteiger partial charge in [0.15, 0.2) is 0 Å². The summed E-state index contributed by atoms with van der Waals surface area (Å²) in [6.07, 6.45) is 2.53. The number of rotatable bonds is 6. The predicted molar refractivity (Wildman–Crippen MR) is 72.3 cm³/mol. The van der Waals surface area contributed by atoms with Crippen molar-refractivity contribution >= 4 is 11.8 Å². The highest BCUT2D eigenvalue weighted by molar-refractivity contribution is 7.99. The van der Waals surface area contributed by atoms with Crippen molar-refractivity contribution in [3.8, 4) is 0 Å². The molecule has 1 fully saturated rings. The van der Waals surface area contributed by atoms with Crippen molar-refractivity contribution < 1.29 is 4.74 Å². The summed E-state index contributed by atoms with van der Waals surface area (Å²) in [6, 6.07) is 0. The van der Waals surface area contributed by atoms with Crippen LogP contribution < -0.4 is 5.32 Å². The molecule has 0 aliphatic carbocycles. The summed E-state index contributed by atoms with van der Waals surface area (Å²) in [5.41, 5.74) is 0. The molecule has 96 valence electrons. The Morgan fingerprint density at radius 1 is 1.50 bits per heavy atom. The normalized spacial score (nSPS) is 23.6. The maximum Gasteiger partial charge on any atom is 0.0826 e. The van der Waals surface area contributed by atoms with Crippen LogP contribution >= 0.6 is 11.8 Å². The minimum atomic E-state index is 0.319. The molecule has 1 aliphatic heterocycles. The molecule has 1 aliphatic rings. The fourth-order valence-corrected chi connectivity index (χ4v) is 2.04. The molecule has 1 rings (SSSR count). The summed E-state index contributed by atoms with van der Waals surface area (Å²) in [5, 5.41) is 3.52. The van der Waals surface area contributed by atoms with Crippen molar-refractivity contribution in [2.24, 2.45) is 0 Å². The first-order valence-electron chi connectivity index (χ1n) is 6.17. The highest BCUT2D eigenvalue weighted by atomic mass is 32.2. The molecule has 0 amide bonds. The number of likely N-dealkylation sites (N-methyl/N-ethyl adjacent to an activating group) is 1. The largest absolute Gasteiger partial charge is 0.374 e. The van der Waals surface area contributed by atoms with Gasteiger partial charge in [-0.05, 0) is 26.6 Å². The molecule has 1 heterocycles. The van der Waals surface area contributed by atoms with E-state index in [1.54, 1.807) is 0 Å². The number of hydrogen-bond acceptors (Lipinski definition) is 4. The SMILES string of the molecule is CCN1CCOC(CNCC(C)(C)SC)C1. The fourth-order valence-electron chi connectivity index (χ4n) is 1.80. The van der Waals surface area contributed by atoms with E-state index in [1.165, 1.54) is 0 Å². The van der Waals surface area contributed by atoms with Gasteiger partial charge in [0.05, 0.1) is 12.7 Å². The Morgan fingerprint density at radius 3 is 2.88 bits per heavy atom. The average molecular weight is 246 g/mol. The third-order valence-corrected chi connectivity index (χ3v) is 4.39. The summed E-state index contributed by atoms with van der Waals surface area (Å²) in [4.78, 5) is 2.45. The Kier molecular flexibility index (Phi) is 6.11. The van der Waals surface area contributed by atoms with Crippen LogP contribution in [0.4, 0.5) is 0 Å². The summed E-state index contributed by atoms with van der Waals surface area (Å²) in [5.74, 6) is 0. The van der Waals surface area contributed by atoms with Gasteiger partial charge in [-0.1, -0.05) is 6.92 Å². The Hall–Kier alpha value is 0.230. The smallest absolute Gasteiger partial charge is 0.0826 e. The molecule has 1 saturated heterocycles. The Bertz CT molecular complexity index is 199. The third kappa shape index (κ3) is 5.04. The van der Waals surface area contributed by atoms with E-state index < -0.39 is 0 Å². The van der Waals surface area contributed by atoms with Gasteiger partial charge in [-0.25, -0.2) is 0 Å². The van der Waals surface area contributed by atoms with Crippen LogP contribution in [0, 0.1) is 0 Å². The second kappa shape index (κ2) is 6.84. The fraction of sp³-hybridized carbons (Fsp3) is 1.00. The lowest BCUT2D eigenvalue weighted by Gasteiger charge is -2.33. The number of thioether (sulfide) groups is 1. The molecule has 16 heavy (non-hydrogen) atoms. The van der Waals surface area contributed by atoms with Crippen LogP contribution in [-0.4, -0.2) is 61.3 Å². The molecule has 1 unspecified atom stereocenters.